The number of aromatic carboxylic acids is 1. The van der Waals surface area contributed by atoms with Crippen LogP contribution in [-0.4, -0.2) is 16.1 Å². The van der Waals surface area contributed by atoms with Crippen LogP contribution in [0.3, 0.4) is 0 Å². The van der Waals surface area contributed by atoms with E-state index < -0.39 is 23.5 Å². The van der Waals surface area contributed by atoms with E-state index in [4.69, 9.17) is 16.7 Å². The van der Waals surface area contributed by atoms with Crippen molar-refractivity contribution in [3.63, 3.8) is 0 Å². The summed E-state index contributed by atoms with van der Waals surface area (Å²) >= 11 is 7.12. The smallest absolute Gasteiger partial charge is 0.417 e. The fourth-order valence-corrected chi connectivity index (χ4v) is 3.75. The molecule has 1 aromatic heterocycles. The molecule has 3 aromatic rings. The molecule has 0 atom stereocenters. The van der Waals surface area contributed by atoms with Crippen molar-refractivity contribution >= 4 is 35.3 Å². The Morgan fingerprint density at radius 2 is 1.80 bits per heavy atom. The Balaban J connectivity index is 1.97. The number of carbonyl (C=O) groups is 1. The third kappa shape index (κ3) is 5.22. The van der Waals surface area contributed by atoms with Crippen LogP contribution in [0, 0.1) is 5.82 Å². The molecular formula is C20H13ClF4N2O2S. The maximum absolute atomic E-state index is 14.2. The van der Waals surface area contributed by atoms with Crippen molar-refractivity contribution in [3.05, 3.63) is 88.3 Å². The molecule has 0 aliphatic heterocycles. The number of nitrogens with zero attached hydrogens (tertiary/aromatic N) is 2. The Kier molecular flexibility index (Phi) is 6.52. The number of alkyl halides is 3. The molecule has 0 aliphatic rings. The molecule has 0 bridgehead atoms. The normalized spacial score (nSPS) is 11.4. The monoisotopic (exact) mass is 456 g/mol. The zero-order valence-electron chi connectivity index (χ0n) is 15.0. The maximum Gasteiger partial charge on any atom is 0.417 e. The second-order valence-electron chi connectivity index (χ2n) is 6.08. The topological polar surface area (TPSA) is 53.4 Å². The molecule has 30 heavy (non-hydrogen) atoms. The second-order valence-corrected chi connectivity index (χ2v) is 7.58. The summed E-state index contributed by atoms with van der Waals surface area (Å²) in [6.07, 6.45) is -3.95. The first kappa shape index (κ1) is 21.9. The first-order chi connectivity index (χ1) is 14.1. The molecule has 0 unspecified atom stereocenters. The second kappa shape index (κ2) is 8.93. The minimum atomic E-state index is -4.61. The van der Waals surface area contributed by atoms with Crippen LogP contribution >= 0.6 is 23.5 Å². The van der Waals surface area contributed by atoms with Crippen molar-refractivity contribution in [1.82, 2.24) is 4.98 Å². The summed E-state index contributed by atoms with van der Waals surface area (Å²) in [4.78, 5) is 15.4. The molecule has 3 rings (SSSR count). The molecule has 0 amide bonds. The zero-order valence-corrected chi connectivity index (χ0v) is 16.6. The summed E-state index contributed by atoms with van der Waals surface area (Å²) in [6, 6.07) is 12.5. The predicted molar refractivity (Wildman–Crippen MR) is 106 cm³/mol. The largest absolute Gasteiger partial charge is 0.478 e. The van der Waals surface area contributed by atoms with Crippen molar-refractivity contribution in [1.29, 1.82) is 0 Å². The lowest BCUT2D eigenvalue weighted by Gasteiger charge is -2.24. The standard InChI is InChI=1S/C20H13ClF4N2O2S/c21-16-9-14(20(23,24)25)10-26-18(16)27(11-13-3-1-2-4-17(13)22)30-15-7-5-12(6-8-15)19(28)29/h1-10H,11H2,(H,28,29). The Morgan fingerprint density at radius 3 is 2.37 bits per heavy atom. The molecule has 0 fully saturated rings. The van der Waals surface area contributed by atoms with Gasteiger partial charge in [-0.15, -0.1) is 0 Å². The summed E-state index contributed by atoms with van der Waals surface area (Å²) < 4.78 is 54.4. The number of hydrogen-bond donors (Lipinski definition) is 1. The van der Waals surface area contributed by atoms with Crippen LogP contribution in [0.25, 0.3) is 0 Å². The van der Waals surface area contributed by atoms with E-state index in [0.29, 0.717) is 11.1 Å². The van der Waals surface area contributed by atoms with Gasteiger partial charge in [0, 0.05) is 16.7 Å². The quantitative estimate of drug-likeness (QED) is 0.348. The van der Waals surface area contributed by atoms with Crippen LogP contribution in [-0.2, 0) is 12.7 Å². The van der Waals surface area contributed by atoms with Crippen molar-refractivity contribution in [2.24, 2.45) is 0 Å². The summed E-state index contributed by atoms with van der Waals surface area (Å²) in [5, 5.41) is 8.76. The molecule has 1 heterocycles. The first-order valence-electron chi connectivity index (χ1n) is 8.40. The van der Waals surface area contributed by atoms with Gasteiger partial charge in [0.25, 0.3) is 0 Å². The number of pyridine rings is 1. The van der Waals surface area contributed by atoms with E-state index in [1.165, 1.54) is 46.8 Å². The SMILES string of the molecule is O=C(O)c1ccc(SN(Cc2ccccc2F)c2ncc(C(F)(F)F)cc2Cl)cc1. The van der Waals surface area contributed by atoms with Gasteiger partial charge in [-0.3, -0.25) is 4.31 Å². The third-order valence-electron chi connectivity index (χ3n) is 3.97. The highest BCUT2D eigenvalue weighted by Gasteiger charge is 2.32. The summed E-state index contributed by atoms with van der Waals surface area (Å²) in [5.74, 6) is -1.57. The molecule has 0 saturated carbocycles. The van der Waals surface area contributed by atoms with Gasteiger partial charge in [-0.1, -0.05) is 29.8 Å². The van der Waals surface area contributed by atoms with Crippen LogP contribution in [0.5, 0.6) is 0 Å². The highest BCUT2D eigenvalue weighted by Crippen LogP contribution is 2.38. The average Bonchev–Trinajstić information content (AvgIpc) is 2.69. The number of benzene rings is 2. The Bertz CT molecular complexity index is 1060. The number of rotatable bonds is 6. The number of halogens is 5. The average molecular weight is 457 g/mol. The molecule has 4 nitrogen and oxygen atoms in total. The van der Waals surface area contributed by atoms with Crippen LogP contribution in [0.15, 0.2) is 65.7 Å². The molecule has 0 radical (unpaired) electrons. The van der Waals surface area contributed by atoms with Gasteiger partial charge in [0.2, 0.25) is 0 Å². The number of hydrogen-bond acceptors (Lipinski definition) is 4. The number of aromatic nitrogens is 1. The fraction of sp³-hybridized carbons (Fsp3) is 0.100. The molecule has 2 aromatic carbocycles. The van der Waals surface area contributed by atoms with Gasteiger partial charge in [-0.05, 0) is 48.3 Å². The molecule has 0 saturated heterocycles. The van der Waals surface area contributed by atoms with Gasteiger partial charge in [0.1, 0.15) is 5.82 Å². The van der Waals surface area contributed by atoms with Crippen LogP contribution in [0.1, 0.15) is 21.5 Å². The lowest BCUT2D eigenvalue weighted by molar-refractivity contribution is -0.137. The van der Waals surface area contributed by atoms with E-state index in [0.717, 1.165) is 18.0 Å². The van der Waals surface area contributed by atoms with Gasteiger partial charge in [-0.25, -0.2) is 14.2 Å². The first-order valence-corrected chi connectivity index (χ1v) is 9.55. The van der Waals surface area contributed by atoms with E-state index in [-0.39, 0.29) is 28.5 Å². The van der Waals surface area contributed by atoms with E-state index in [1.54, 1.807) is 6.07 Å². The summed E-state index contributed by atoms with van der Waals surface area (Å²) in [5.41, 5.74) is -0.645. The highest BCUT2D eigenvalue weighted by molar-refractivity contribution is 8.00. The number of anilines is 1. The molecule has 156 valence electrons. The molecule has 0 aliphatic carbocycles. The highest BCUT2D eigenvalue weighted by atomic mass is 35.5. The summed E-state index contributed by atoms with van der Waals surface area (Å²) in [7, 11) is 0. The van der Waals surface area contributed by atoms with E-state index in [9.17, 15) is 22.4 Å². The van der Waals surface area contributed by atoms with Gasteiger partial charge in [0.05, 0.1) is 22.7 Å². The zero-order chi connectivity index (χ0) is 21.9. The van der Waals surface area contributed by atoms with Gasteiger partial charge < -0.3 is 5.11 Å². The van der Waals surface area contributed by atoms with E-state index >= 15 is 0 Å². The molecule has 0 spiro atoms. The van der Waals surface area contributed by atoms with Crippen LogP contribution in [0.2, 0.25) is 5.02 Å². The third-order valence-corrected chi connectivity index (χ3v) is 5.26. The van der Waals surface area contributed by atoms with E-state index in [1.807, 2.05) is 0 Å². The predicted octanol–water partition coefficient (Wildman–Crippen LogP) is 6.31. The molecule has 1 N–H and O–H groups in total. The summed E-state index contributed by atoms with van der Waals surface area (Å²) in [6.45, 7) is -0.0455. The lowest BCUT2D eigenvalue weighted by atomic mass is 10.2. The van der Waals surface area contributed by atoms with E-state index in [2.05, 4.69) is 4.98 Å². The lowest BCUT2D eigenvalue weighted by Crippen LogP contribution is -2.17. The molecule has 10 heteroatoms. The Morgan fingerprint density at radius 1 is 1.13 bits per heavy atom. The van der Waals surface area contributed by atoms with Crippen molar-refractivity contribution in [2.75, 3.05) is 4.31 Å². The minimum Gasteiger partial charge on any atom is -0.478 e. The Labute approximate surface area is 178 Å². The van der Waals surface area contributed by atoms with Gasteiger partial charge in [-0.2, -0.15) is 13.2 Å². The van der Waals surface area contributed by atoms with Crippen molar-refractivity contribution in [3.8, 4) is 0 Å². The Hall–Kier alpha value is -2.78. The van der Waals surface area contributed by atoms with Crippen LogP contribution < -0.4 is 4.31 Å². The van der Waals surface area contributed by atoms with Crippen LogP contribution in [0.4, 0.5) is 23.4 Å². The number of carboxylic acid groups (broad SMARTS) is 1. The van der Waals surface area contributed by atoms with Crippen molar-refractivity contribution in [2.45, 2.75) is 17.6 Å². The minimum absolute atomic E-state index is 0.0141. The maximum atomic E-state index is 14.2. The fourth-order valence-electron chi connectivity index (χ4n) is 2.49. The van der Waals surface area contributed by atoms with Gasteiger partial charge >= 0.3 is 12.1 Å². The molecular weight excluding hydrogens is 444 g/mol. The van der Waals surface area contributed by atoms with Crippen molar-refractivity contribution < 1.29 is 27.5 Å². The number of carboxylic acids is 1. The van der Waals surface area contributed by atoms with Gasteiger partial charge in [0.15, 0.2) is 5.82 Å².